The highest BCUT2D eigenvalue weighted by molar-refractivity contribution is 8.14. The summed E-state index contributed by atoms with van der Waals surface area (Å²) in [6.45, 7) is 3.72. The van der Waals surface area contributed by atoms with Gasteiger partial charge in [-0.15, -0.1) is 0 Å². The number of carbonyl (C=O) groups is 1. The Morgan fingerprint density at radius 3 is 2.29 bits per heavy atom. The number of unbranched alkanes of at least 4 members (excludes halogenated alkanes) is 5. The van der Waals surface area contributed by atoms with Crippen molar-refractivity contribution in [2.24, 2.45) is 0 Å². The molecule has 0 aliphatic heterocycles. The zero-order chi connectivity index (χ0) is 10.6. The van der Waals surface area contributed by atoms with Gasteiger partial charge in [0.15, 0.2) is 0 Å². The van der Waals surface area contributed by atoms with Crippen molar-refractivity contribution in [3.63, 3.8) is 0 Å². The number of hydrogen-bond acceptors (Lipinski definition) is 3. The van der Waals surface area contributed by atoms with Gasteiger partial charge >= 0.3 is 0 Å². The number of aliphatic hydroxyl groups is 1. The first-order valence-corrected chi connectivity index (χ1v) is 6.20. The largest absolute Gasteiger partial charge is 0.396 e. The van der Waals surface area contributed by atoms with Crippen LogP contribution in [-0.4, -0.2) is 22.6 Å². The monoisotopic (exact) mass is 216 g/mol. The van der Waals surface area contributed by atoms with E-state index >= 15 is 0 Å². The van der Waals surface area contributed by atoms with E-state index in [0.29, 0.717) is 6.61 Å². The van der Waals surface area contributed by atoms with E-state index in [2.05, 4.69) is 6.58 Å². The smallest absolute Gasteiger partial charge is 0.211 e. The first-order valence-electron chi connectivity index (χ1n) is 5.21. The standard InChI is InChI=1S/C11H20O2S/c1-2-11(13)14-10-8-6-4-3-5-7-9-12/h2,12H,1,3-10H2. The molecule has 0 unspecified atom stereocenters. The third-order valence-corrected chi connectivity index (χ3v) is 2.91. The molecule has 2 nitrogen and oxygen atoms in total. The number of rotatable bonds is 9. The van der Waals surface area contributed by atoms with Crippen LogP contribution in [0.1, 0.15) is 38.5 Å². The molecule has 82 valence electrons. The molecular formula is C11H20O2S. The maximum Gasteiger partial charge on any atom is 0.211 e. The van der Waals surface area contributed by atoms with Gasteiger partial charge in [0.05, 0.1) is 0 Å². The van der Waals surface area contributed by atoms with Crippen LogP contribution in [0.3, 0.4) is 0 Å². The van der Waals surface area contributed by atoms with Gasteiger partial charge in [-0.05, 0) is 18.9 Å². The van der Waals surface area contributed by atoms with E-state index in [4.69, 9.17) is 5.11 Å². The van der Waals surface area contributed by atoms with Gasteiger partial charge in [0.1, 0.15) is 0 Å². The van der Waals surface area contributed by atoms with E-state index in [1.54, 1.807) is 0 Å². The Kier molecular flexibility index (Phi) is 10.6. The molecule has 0 aromatic carbocycles. The van der Waals surface area contributed by atoms with E-state index in [0.717, 1.165) is 25.0 Å². The van der Waals surface area contributed by atoms with Gasteiger partial charge in [-0.1, -0.05) is 44.0 Å². The third kappa shape index (κ3) is 9.81. The topological polar surface area (TPSA) is 37.3 Å². The van der Waals surface area contributed by atoms with Gasteiger partial charge in [0.2, 0.25) is 5.12 Å². The average molecular weight is 216 g/mol. The Morgan fingerprint density at radius 2 is 1.71 bits per heavy atom. The van der Waals surface area contributed by atoms with E-state index in [9.17, 15) is 4.79 Å². The number of carbonyl (C=O) groups excluding carboxylic acids is 1. The zero-order valence-electron chi connectivity index (χ0n) is 8.71. The van der Waals surface area contributed by atoms with Crippen molar-refractivity contribution < 1.29 is 9.90 Å². The summed E-state index contributed by atoms with van der Waals surface area (Å²) in [7, 11) is 0. The lowest BCUT2D eigenvalue weighted by atomic mass is 10.1. The Morgan fingerprint density at radius 1 is 1.14 bits per heavy atom. The predicted molar refractivity (Wildman–Crippen MR) is 62.4 cm³/mol. The highest BCUT2D eigenvalue weighted by Gasteiger charge is 1.96. The molecule has 0 heterocycles. The Bertz CT molecular complexity index is 157. The molecule has 3 heteroatoms. The zero-order valence-corrected chi connectivity index (χ0v) is 9.52. The summed E-state index contributed by atoms with van der Waals surface area (Å²) in [5, 5.41) is 8.62. The van der Waals surface area contributed by atoms with Crippen LogP contribution in [0.2, 0.25) is 0 Å². The van der Waals surface area contributed by atoms with Crippen molar-refractivity contribution >= 4 is 16.9 Å². The fourth-order valence-electron chi connectivity index (χ4n) is 1.15. The van der Waals surface area contributed by atoms with Crippen LogP contribution in [-0.2, 0) is 4.79 Å². The molecule has 0 aliphatic rings. The summed E-state index contributed by atoms with van der Waals surface area (Å²) >= 11 is 1.35. The Hall–Kier alpha value is -0.280. The van der Waals surface area contributed by atoms with E-state index in [1.165, 1.54) is 37.1 Å². The van der Waals surface area contributed by atoms with Crippen molar-refractivity contribution in [3.05, 3.63) is 12.7 Å². The van der Waals surface area contributed by atoms with Gasteiger partial charge in [-0.25, -0.2) is 0 Å². The lowest BCUT2D eigenvalue weighted by Gasteiger charge is -1.99. The van der Waals surface area contributed by atoms with E-state index in [-0.39, 0.29) is 5.12 Å². The molecule has 0 spiro atoms. The van der Waals surface area contributed by atoms with Gasteiger partial charge < -0.3 is 5.11 Å². The number of hydrogen-bond donors (Lipinski definition) is 1. The van der Waals surface area contributed by atoms with E-state index < -0.39 is 0 Å². The highest BCUT2D eigenvalue weighted by Crippen LogP contribution is 2.10. The first kappa shape index (κ1) is 13.7. The van der Waals surface area contributed by atoms with Crippen molar-refractivity contribution in [3.8, 4) is 0 Å². The van der Waals surface area contributed by atoms with Crippen molar-refractivity contribution in [1.82, 2.24) is 0 Å². The molecule has 0 aliphatic carbocycles. The number of thioether (sulfide) groups is 1. The average Bonchev–Trinajstić information content (AvgIpc) is 2.21. The summed E-state index contributed by atoms with van der Waals surface area (Å²) in [6.07, 6.45) is 8.10. The number of aliphatic hydroxyl groups excluding tert-OH is 1. The van der Waals surface area contributed by atoms with Gasteiger partial charge in [0, 0.05) is 12.4 Å². The Labute approximate surface area is 90.8 Å². The molecule has 0 fully saturated rings. The molecule has 0 aromatic rings. The van der Waals surface area contributed by atoms with Gasteiger partial charge in [0.25, 0.3) is 0 Å². The predicted octanol–water partition coefficient (Wildman–Crippen LogP) is 2.77. The molecule has 0 radical (unpaired) electrons. The van der Waals surface area contributed by atoms with E-state index in [1.807, 2.05) is 0 Å². The second-order valence-corrected chi connectivity index (χ2v) is 4.32. The normalized spacial score (nSPS) is 10.1. The maximum absolute atomic E-state index is 10.8. The molecule has 1 N–H and O–H groups in total. The van der Waals surface area contributed by atoms with Crippen LogP contribution in [0.5, 0.6) is 0 Å². The first-order chi connectivity index (χ1) is 6.81. The second kappa shape index (κ2) is 10.8. The van der Waals surface area contributed by atoms with Crippen LogP contribution in [0.25, 0.3) is 0 Å². The van der Waals surface area contributed by atoms with Gasteiger partial charge in [-0.3, -0.25) is 4.79 Å². The lowest BCUT2D eigenvalue weighted by Crippen LogP contribution is -1.88. The van der Waals surface area contributed by atoms with Crippen LogP contribution in [0.4, 0.5) is 0 Å². The molecule has 0 rings (SSSR count). The summed E-state index contributed by atoms with van der Waals surface area (Å²) in [4.78, 5) is 10.8. The highest BCUT2D eigenvalue weighted by atomic mass is 32.2. The fourth-order valence-corrected chi connectivity index (χ4v) is 1.82. The third-order valence-electron chi connectivity index (χ3n) is 1.96. The molecular weight excluding hydrogens is 196 g/mol. The van der Waals surface area contributed by atoms with Crippen LogP contribution in [0, 0.1) is 0 Å². The molecule has 0 bridgehead atoms. The van der Waals surface area contributed by atoms with Crippen LogP contribution in [0.15, 0.2) is 12.7 Å². The molecule has 0 atom stereocenters. The summed E-state index contributed by atoms with van der Waals surface area (Å²) in [5.41, 5.74) is 0. The summed E-state index contributed by atoms with van der Waals surface area (Å²) < 4.78 is 0. The quantitative estimate of drug-likeness (QED) is 0.475. The van der Waals surface area contributed by atoms with Crippen molar-refractivity contribution in [2.45, 2.75) is 38.5 Å². The minimum atomic E-state index is 0.0743. The molecule has 14 heavy (non-hydrogen) atoms. The van der Waals surface area contributed by atoms with Crippen molar-refractivity contribution in [2.75, 3.05) is 12.4 Å². The van der Waals surface area contributed by atoms with Crippen molar-refractivity contribution in [1.29, 1.82) is 0 Å². The molecule has 0 saturated carbocycles. The summed E-state index contributed by atoms with van der Waals surface area (Å²) in [6, 6.07) is 0. The molecule has 0 amide bonds. The van der Waals surface area contributed by atoms with Crippen LogP contribution < -0.4 is 0 Å². The minimum absolute atomic E-state index is 0.0743. The molecule has 0 aromatic heterocycles. The SMILES string of the molecule is C=CC(=O)SCCCCCCCCO. The maximum atomic E-state index is 10.8. The van der Waals surface area contributed by atoms with Gasteiger partial charge in [-0.2, -0.15) is 0 Å². The fraction of sp³-hybridized carbons (Fsp3) is 0.727. The lowest BCUT2D eigenvalue weighted by molar-refractivity contribution is -0.107. The van der Waals surface area contributed by atoms with Crippen LogP contribution >= 0.6 is 11.8 Å². The minimum Gasteiger partial charge on any atom is -0.396 e. The summed E-state index contributed by atoms with van der Waals surface area (Å²) in [5.74, 6) is 0.908. The Balaban J connectivity index is 2.99. The second-order valence-electron chi connectivity index (χ2n) is 3.22. The molecule has 0 saturated heterocycles.